The maximum atomic E-state index is 11.9. The Kier molecular flexibility index (Phi) is 3.87. The lowest BCUT2D eigenvalue weighted by Crippen LogP contribution is -2.37. The molecular formula is C4H7FN2OS. The van der Waals surface area contributed by atoms with E-state index in [4.69, 9.17) is 0 Å². The minimum absolute atomic E-state index is 0.000000000000000444. The molecule has 0 radical (unpaired) electrons. The van der Waals surface area contributed by atoms with Crippen molar-refractivity contribution >= 4 is 23.7 Å². The fourth-order valence-corrected chi connectivity index (χ4v) is 0.486. The average Bonchev–Trinajstić information content (AvgIpc) is 1.63. The van der Waals surface area contributed by atoms with Crippen LogP contribution in [-0.4, -0.2) is 17.8 Å². The summed E-state index contributed by atoms with van der Waals surface area (Å²) in [6.07, 6.45) is -0.845. The predicted octanol–water partition coefficient (Wildman–Crippen LogP) is -0.0776. The molecule has 0 aliphatic heterocycles. The number of hydrogen-bond acceptors (Lipinski definition) is 2. The summed E-state index contributed by atoms with van der Waals surface area (Å²) in [6, 6.07) is 0. The molecule has 1 atom stereocenters. The number of alkyl halides is 1. The first-order valence-electron chi connectivity index (χ1n) is 2.31. The second kappa shape index (κ2) is 4.20. The van der Waals surface area contributed by atoms with E-state index >= 15 is 0 Å². The molecule has 0 aromatic heterocycles. The molecule has 5 heteroatoms. The molecule has 2 N–H and O–H groups in total. The molecule has 0 spiro atoms. The van der Waals surface area contributed by atoms with Crippen molar-refractivity contribution in [2.75, 3.05) is 0 Å². The highest BCUT2D eigenvalue weighted by molar-refractivity contribution is 7.80. The average molecular weight is 150 g/mol. The number of rotatable bonds is 2. The number of carbonyl (C=O) groups is 1. The molecule has 0 rings (SSSR count). The van der Waals surface area contributed by atoms with Gasteiger partial charge in [-0.05, 0) is 19.1 Å². The van der Waals surface area contributed by atoms with Crippen LogP contribution in [0.25, 0.3) is 0 Å². The molecule has 0 heterocycles. The summed E-state index contributed by atoms with van der Waals surface area (Å²) in [6.45, 7) is 1.28. The molecule has 9 heavy (non-hydrogen) atoms. The zero-order valence-electron chi connectivity index (χ0n) is 4.85. The summed E-state index contributed by atoms with van der Waals surface area (Å²) in [5.74, 6) is 0. The van der Waals surface area contributed by atoms with Crippen molar-refractivity contribution in [3.63, 3.8) is 0 Å². The van der Waals surface area contributed by atoms with Gasteiger partial charge in [-0.2, -0.15) is 0 Å². The lowest BCUT2D eigenvalue weighted by atomic mass is 10.7. The summed E-state index contributed by atoms with van der Waals surface area (Å²) in [5, 5.41) is 4.24. The molecule has 1 amide bonds. The van der Waals surface area contributed by atoms with Crippen LogP contribution < -0.4 is 10.6 Å². The molecule has 0 saturated heterocycles. The Morgan fingerprint density at radius 2 is 2.44 bits per heavy atom. The van der Waals surface area contributed by atoms with E-state index in [1.807, 2.05) is 0 Å². The molecule has 3 nitrogen and oxygen atoms in total. The molecule has 0 bridgehead atoms. The van der Waals surface area contributed by atoms with Gasteiger partial charge in [0.15, 0.2) is 11.4 Å². The Morgan fingerprint density at radius 3 is 2.78 bits per heavy atom. The predicted molar refractivity (Wildman–Crippen MR) is 35.5 cm³/mol. The number of carbonyl (C=O) groups excluding carboxylic acids is 1. The fourth-order valence-electron chi connectivity index (χ4n) is 0.276. The third-order valence-electron chi connectivity index (χ3n) is 0.520. The van der Waals surface area contributed by atoms with Crippen LogP contribution in [0, 0.1) is 0 Å². The van der Waals surface area contributed by atoms with Gasteiger partial charge in [0.1, 0.15) is 0 Å². The topological polar surface area (TPSA) is 41.1 Å². The van der Waals surface area contributed by atoms with E-state index in [0.29, 0.717) is 6.41 Å². The lowest BCUT2D eigenvalue weighted by molar-refractivity contribution is -0.108. The highest BCUT2D eigenvalue weighted by Crippen LogP contribution is 1.78. The molecule has 0 aliphatic carbocycles. The van der Waals surface area contributed by atoms with E-state index in [1.165, 1.54) is 6.92 Å². The van der Waals surface area contributed by atoms with Gasteiger partial charge < -0.3 is 10.6 Å². The highest BCUT2D eigenvalue weighted by Gasteiger charge is 1.97. The molecule has 0 fully saturated rings. The zero-order chi connectivity index (χ0) is 7.28. The van der Waals surface area contributed by atoms with Crippen molar-refractivity contribution in [3.05, 3.63) is 0 Å². The molecule has 52 valence electrons. The fraction of sp³-hybridized carbons (Fsp3) is 0.500. The number of halogens is 1. The number of amides is 1. The normalized spacial score (nSPS) is 11.8. The van der Waals surface area contributed by atoms with E-state index in [0.717, 1.165) is 0 Å². The first kappa shape index (κ1) is 8.29. The molecule has 0 aliphatic rings. The summed E-state index contributed by atoms with van der Waals surface area (Å²) >= 11 is 4.44. The number of hydrogen-bond donors (Lipinski definition) is 2. The second-order valence-electron chi connectivity index (χ2n) is 1.35. The van der Waals surface area contributed by atoms with Crippen LogP contribution in [0.3, 0.4) is 0 Å². The highest BCUT2D eigenvalue weighted by atomic mass is 32.1. The van der Waals surface area contributed by atoms with E-state index in [2.05, 4.69) is 22.9 Å². The number of thiocarbonyl (C=S) groups is 1. The zero-order valence-corrected chi connectivity index (χ0v) is 5.67. The molecule has 0 aromatic rings. The lowest BCUT2D eigenvalue weighted by Gasteiger charge is -2.04. The van der Waals surface area contributed by atoms with E-state index in [1.54, 1.807) is 0 Å². The van der Waals surface area contributed by atoms with Gasteiger partial charge >= 0.3 is 0 Å². The SMILES string of the molecule is CC(F)NC(=S)NC=O. The standard InChI is InChI=1S/C4H7FN2OS/c1-3(5)7-4(9)6-2-8/h2-3H,1H3,(H2,6,7,8,9). The molecular weight excluding hydrogens is 143 g/mol. The van der Waals surface area contributed by atoms with Crippen LogP contribution in [0.2, 0.25) is 0 Å². The largest absolute Gasteiger partial charge is 0.333 e. The van der Waals surface area contributed by atoms with Gasteiger partial charge in [0.2, 0.25) is 6.41 Å². The quantitative estimate of drug-likeness (QED) is 0.329. The first-order valence-corrected chi connectivity index (χ1v) is 2.72. The van der Waals surface area contributed by atoms with Gasteiger partial charge in [-0.3, -0.25) is 4.79 Å². The van der Waals surface area contributed by atoms with Crippen LogP contribution in [-0.2, 0) is 4.79 Å². The Morgan fingerprint density at radius 1 is 1.89 bits per heavy atom. The Bertz CT molecular complexity index is 117. The van der Waals surface area contributed by atoms with Crippen molar-refractivity contribution in [3.8, 4) is 0 Å². The Balaban J connectivity index is 3.38. The molecule has 1 unspecified atom stereocenters. The van der Waals surface area contributed by atoms with Crippen molar-refractivity contribution in [1.29, 1.82) is 0 Å². The Hall–Kier alpha value is -0.710. The van der Waals surface area contributed by atoms with Gasteiger partial charge in [0.05, 0.1) is 0 Å². The van der Waals surface area contributed by atoms with Crippen LogP contribution >= 0.6 is 12.2 Å². The van der Waals surface area contributed by atoms with E-state index in [9.17, 15) is 9.18 Å². The van der Waals surface area contributed by atoms with Crippen molar-refractivity contribution in [2.45, 2.75) is 13.2 Å². The summed E-state index contributed by atoms with van der Waals surface area (Å²) in [7, 11) is 0. The second-order valence-corrected chi connectivity index (χ2v) is 1.76. The number of nitrogens with one attached hydrogen (secondary N) is 2. The van der Waals surface area contributed by atoms with Gasteiger partial charge in [-0.1, -0.05) is 0 Å². The van der Waals surface area contributed by atoms with Crippen molar-refractivity contribution < 1.29 is 9.18 Å². The van der Waals surface area contributed by atoms with Gasteiger partial charge in [0.25, 0.3) is 0 Å². The third-order valence-corrected chi connectivity index (χ3v) is 0.756. The van der Waals surface area contributed by atoms with Crippen LogP contribution in [0.1, 0.15) is 6.92 Å². The monoisotopic (exact) mass is 150 g/mol. The van der Waals surface area contributed by atoms with Gasteiger partial charge in [0, 0.05) is 0 Å². The molecule has 0 aromatic carbocycles. The smallest absolute Gasteiger partial charge is 0.213 e. The summed E-state index contributed by atoms with van der Waals surface area (Å²) < 4.78 is 11.9. The van der Waals surface area contributed by atoms with E-state index < -0.39 is 6.30 Å². The van der Waals surface area contributed by atoms with Gasteiger partial charge in [-0.25, -0.2) is 4.39 Å². The van der Waals surface area contributed by atoms with Crippen LogP contribution in [0.5, 0.6) is 0 Å². The maximum absolute atomic E-state index is 11.9. The maximum Gasteiger partial charge on any atom is 0.213 e. The summed E-state index contributed by atoms with van der Waals surface area (Å²) in [4.78, 5) is 9.64. The van der Waals surface area contributed by atoms with E-state index in [-0.39, 0.29) is 5.11 Å². The minimum Gasteiger partial charge on any atom is -0.333 e. The first-order chi connectivity index (χ1) is 4.16. The van der Waals surface area contributed by atoms with Crippen LogP contribution in [0.15, 0.2) is 0 Å². The Labute approximate surface area is 57.6 Å². The molecule has 0 saturated carbocycles. The minimum atomic E-state index is -1.23. The third kappa shape index (κ3) is 5.16. The summed E-state index contributed by atoms with van der Waals surface area (Å²) in [5.41, 5.74) is 0. The van der Waals surface area contributed by atoms with Crippen LogP contribution in [0.4, 0.5) is 4.39 Å². The van der Waals surface area contributed by atoms with Crippen molar-refractivity contribution in [2.24, 2.45) is 0 Å². The van der Waals surface area contributed by atoms with Crippen molar-refractivity contribution in [1.82, 2.24) is 10.6 Å². The van der Waals surface area contributed by atoms with Gasteiger partial charge in [-0.15, -0.1) is 0 Å².